The molecular formula is C15H19NO2. The number of furan rings is 1. The van der Waals surface area contributed by atoms with Gasteiger partial charge in [0.15, 0.2) is 0 Å². The standard InChI is InChI=1S/C15H19NO2/c1-11(10-13-5-7-14(17)8-6-13)16-12(2)15-4-3-9-18-15/h3-9,11-12,16-17H,10H2,1-2H3/t11?,12-/m1/s1. The molecule has 0 aliphatic rings. The van der Waals surface area contributed by atoms with Crippen molar-refractivity contribution in [2.75, 3.05) is 0 Å². The Morgan fingerprint density at radius 1 is 1.17 bits per heavy atom. The van der Waals surface area contributed by atoms with E-state index < -0.39 is 0 Å². The van der Waals surface area contributed by atoms with Gasteiger partial charge in [-0.25, -0.2) is 0 Å². The van der Waals surface area contributed by atoms with Gasteiger partial charge in [0.05, 0.1) is 12.3 Å². The Morgan fingerprint density at radius 3 is 2.50 bits per heavy atom. The summed E-state index contributed by atoms with van der Waals surface area (Å²) in [7, 11) is 0. The van der Waals surface area contributed by atoms with Crippen molar-refractivity contribution in [3.05, 3.63) is 54.0 Å². The number of aromatic hydroxyl groups is 1. The van der Waals surface area contributed by atoms with Crippen LogP contribution in [0.3, 0.4) is 0 Å². The van der Waals surface area contributed by atoms with Crippen LogP contribution in [0, 0.1) is 0 Å². The van der Waals surface area contributed by atoms with Crippen molar-refractivity contribution in [1.29, 1.82) is 0 Å². The van der Waals surface area contributed by atoms with E-state index in [1.807, 2.05) is 24.3 Å². The lowest BCUT2D eigenvalue weighted by Gasteiger charge is -2.18. The van der Waals surface area contributed by atoms with Crippen molar-refractivity contribution in [1.82, 2.24) is 5.32 Å². The molecule has 3 heteroatoms. The molecule has 2 rings (SSSR count). The van der Waals surface area contributed by atoms with Crippen molar-refractivity contribution in [2.45, 2.75) is 32.4 Å². The normalized spacial score (nSPS) is 14.3. The van der Waals surface area contributed by atoms with Crippen LogP contribution in [0.2, 0.25) is 0 Å². The van der Waals surface area contributed by atoms with Crippen molar-refractivity contribution in [3.63, 3.8) is 0 Å². The van der Waals surface area contributed by atoms with Crippen LogP contribution in [0.25, 0.3) is 0 Å². The second-order valence-electron chi connectivity index (χ2n) is 4.68. The Hall–Kier alpha value is -1.74. The van der Waals surface area contributed by atoms with Gasteiger partial charge in [0, 0.05) is 6.04 Å². The largest absolute Gasteiger partial charge is 0.508 e. The first kappa shape index (κ1) is 12.7. The van der Waals surface area contributed by atoms with E-state index in [4.69, 9.17) is 4.42 Å². The lowest BCUT2D eigenvalue weighted by molar-refractivity contribution is 0.397. The smallest absolute Gasteiger partial charge is 0.120 e. The Morgan fingerprint density at radius 2 is 1.89 bits per heavy atom. The number of nitrogens with one attached hydrogen (secondary N) is 1. The molecule has 96 valence electrons. The summed E-state index contributed by atoms with van der Waals surface area (Å²) in [6.07, 6.45) is 2.61. The molecule has 0 fully saturated rings. The molecule has 0 aliphatic carbocycles. The molecule has 1 heterocycles. The quantitative estimate of drug-likeness (QED) is 0.849. The minimum atomic E-state index is 0.201. The Kier molecular flexibility index (Phi) is 4.05. The summed E-state index contributed by atoms with van der Waals surface area (Å²) in [6.45, 7) is 4.23. The van der Waals surface area contributed by atoms with Crippen LogP contribution in [0.15, 0.2) is 47.1 Å². The van der Waals surface area contributed by atoms with Crippen molar-refractivity contribution in [2.24, 2.45) is 0 Å². The van der Waals surface area contributed by atoms with E-state index in [0.29, 0.717) is 11.8 Å². The van der Waals surface area contributed by atoms with Crippen LogP contribution in [0.1, 0.15) is 31.2 Å². The fraction of sp³-hybridized carbons (Fsp3) is 0.333. The molecule has 1 aromatic heterocycles. The monoisotopic (exact) mass is 245 g/mol. The Labute approximate surface area is 107 Å². The van der Waals surface area contributed by atoms with Gasteiger partial charge >= 0.3 is 0 Å². The molecule has 0 saturated heterocycles. The molecule has 0 spiro atoms. The molecule has 3 nitrogen and oxygen atoms in total. The van der Waals surface area contributed by atoms with E-state index in [-0.39, 0.29) is 6.04 Å². The summed E-state index contributed by atoms with van der Waals surface area (Å²) in [5.41, 5.74) is 1.21. The number of phenolic OH excluding ortho intramolecular Hbond substituents is 1. The summed E-state index contributed by atoms with van der Waals surface area (Å²) in [5, 5.41) is 12.7. The molecule has 2 atom stereocenters. The molecule has 1 unspecified atom stereocenters. The highest BCUT2D eigenvalue weighted by Gasteiger charge is 2.11. The molecule has 18 heavy (non-hydrogen) atoms. The minimum Gasteiger partial charge on any atom is -0.508 e. The van der Waals surface area contributed by atoms with E-state index in [9.17, 15) is 5.11 Å². The van der Waals surface area contributed by atoms with Gasteiger partial charge in [-0.15, -0.1) is 0 Å². The summed E-state index contributed by atoms with van der Waals surface area (Å²) in [5.74, 6) is 1.26. The molecule has 0 radical (unpaired) electrons. The zero-order valence-corrected chi connectivity index (χ0v) is 10.8. The van der Waals surface area contributed by atoms with E-state index >= 15 is 0 Å². The van der Waals surface area contributed by atoms with Crippen LogP contribution in [0.4, 0.5) is 0 Å². The number of hydrogen-bond acceptors (Lipinski definition) is 3. The van der Waals surface area contributed by atoms with Gasteiger partial charge in [-0.1, -0.05) is 12.1 Å². The molecule has 0 saturated carbocycles. The van der Waals surface area contributed by atoms with E-state index in [0.717, 1.165) is 12.2 Å². The summed E-state index contributed by atoms with van der Waals surface area (Å²) >= 11 is 0. The first-order valence-electron chi connectivity index (χ1n) is 6.22. The zero-order chi connectivity index (χ0) is 13.0. The van der Waals surface area contributed by atoms with Gasteiger partial charge in [-0.05, 0) is 50.1 Å². The fourth-order valence-electron chi connectivity index (χ4n) is 2.09. The first-order chi connectivity index (χ1) is 8.65. The average Bonchev–Trinajstić information content (AvgIpc) is 2.85. The van der Waals surface area contributed by atoms with Crippen LogP contribution in [-0.4, -0.2) is 11.1 Å². The first-order valence-corrected chi connectivity index (χ1v) is 6.22. The second-order valence-corrected chi connectivity index (χ2v) is 4.68. The summed E-state index contributed by atoms with van der Waals surface area (Å²) in [4.78, 5) is 0. The van der Waals surface area contributed by atoms with Crippen LogP contribution in [0.5, 0.6) is 5.75 Å². The van der Waals surface area contributed by atoms with E-state index in [1.165, 1.54) is 5.56 Å². The zero-order valence-electron chi connectivity index (χ0n) is 10.8. The number of benzene rings is 1. The predicted molar refractivity (Wildman–Crippen MR) is 71.5 cm³/mol. The minimum absolute atomic E-state index is 0.201. The highest BCUT2D eigenvalue weighted by atomic mass is 16.3. The molecule has 0 amide bonds. The van der Waals surface area contributed by atoms with Crippen LogP contribution in [-0.2, 0) is 6.42 Å². The third-order valence-corrected chi connectivity index (χ3v) is 2.98. The van der Waals surface area contributed by atoms with E-state index in [2.05, 4.69) is 19.2 Å². The summed E-state index contributed by atoms with van der Waals surface area (Å²) in [6, 6.07) is 11.8. The highest BCUT2D eigenvalue weighted by molar-refractivity contribution is 5.26. The number of rotatable bonds is 5. The van der Waals surface area contributed by atoms with Crippen molar-refractivity contribution in [3.8, 4) is 5.75 Å². The second kappa shape index (κ2) is 5.74. The SMILES string of the molecule is CC(Cc1ccc(O)cc1)N[C@H](C)c1ccco1. The maximum absolute atomic E-state index is 9.23. The fourth-order valence-corrected chi connectivity index (χ4v) is 2.09. The van der Waals surface area contributed by atoms with Crippen LogP contribution < -0.4 is 5.32 Å². The molecular weight excluding hydrogens is 226 g/mol. The van der Waals surface area contributed by atoms with Gasteiger partial charge in [-0.3, -0.25) is 0 Å². The topological polar surface area (TPSA) is 45.4 Å². The Balaban J connectivity index is 1.88. The highest BCUT2D eigenvalue weighted by Crippen LogP contribution is 2.15. The van der Waals surface area contributed by atoms with Gasteiger partial charge in [-0.2, -0.15) is 0 Å². The van der Waals surface area contributed by atoms with Gasteiger partial charge in [0.1, 0.15) is 11.5 Å². The van der Waals surface area contributed by atoms with Gasteiger partial charge < -0.3 is 14.8 Å². The molecule has 2 aromatic rings. The summed E-state index contributed by atoms with van der Waals surface area (Å²) < 4.78 is 5.37. The predicted octanol–water partition coefficient (Wildman–Crippen LogP) is 3.27. The lowest BCUT2D eigenvalue weighted by atomic mass is 10.1. The van der Waals surface area contributed by atoms with Gasteiger partial charge in [0.25, 0.3) is 0 Å². The number of phenols is 1. The number of hydrogen-bond donors (Lipinski definition) is 2. The van der Waals surface area contributed by atoms with Gasteiger partial charge in [0.2, 0.25) is 0 Å². The molecule has 0 bridgehead atoms. The molecule has 1 aromatic carbocycles. The third kappa shape index (κ3) is 3.37. The van der Waals surface area contributed by atoms with Crippen molar-refractivity contribution >= 4 is 0 Å². The van der Waals surface area contributed by atoms with Crippen LogP contribution >= 0.6 is 0 Å². The molecule has 0 aliphatic heterocycles. The Bertz CT molecular complexity index is 462. The van der Waals surface area contributed by atoms with E-state index in [1.54, 1.807) is 18.4 Å². The maximum Gasteiger partial charge on any atom is 0.120 e. The maximum atomic E-state index is 9.23. The lowest BCUT2D eigenvalue weighted by Crippen LogP contribution is -2.30. The molecule has 2 N–H and O–H groups in total. The van der Waals surface area contributed by atoms with Crippen molar-refractivity contribution < 1.29 is 9.52 Å². The third-order valence-electron chi connectivity index (χ3n) is 2.98. The average molecular weight is 245 g/mol.